The lowest BCUT2D eigenvalue weighted by molar-refractivity contribution is 0.627. The van der Waals surface area contributed by atoms with Gasteiger partial charge >= 0.3 is 0 Å². The highest BCUT2D eigenvalue weighted by Crippen LogP contribution is 2.17. The average molecular weight is 293 g/mol. The molecule has 0 radical (unpaired) electrons. The van der Waals surface area contributed by atoms with E-state index in [2.05, 4.69) is 4.99 Å². The molecule has 0 saturated carbocycles. The lowest BCUT2D eigenvalue weighted by Crippen LogP contribution is -1.94. The largest absolute Gasteiger partial charge is 0.326 e. The smallest absolute Gasteiger partial charge is 0.123 e. The maximum Gasteiger partial charge on any atom is 0.123 e. The summed E-state index contributed by atoms with van der Waals surface area (Å²) in [4.78, 5) is 4.14. The van der Waals surface area contributed by atoms with Crippen LogP contribution in [0.3, 0.4) is 0 Å². The van der Waals surface area contributed by atoms with Gasteiger partial charge in [0.05, 0.1) is 5.69 Å². The van der Waals surface area contributed by atoms with Crippen molar-refractivity contribution in [3.05, 3.63) is 65.5 Å². The van der Waals surface area contributed by atoms with Crippen LogP contribution in [0.15, 0.2) is 53.5 Å². The summed E-state index contributed by atoms with van der Waals surface area (Å²) < 4.78 is 12.2. The molecular formula is C16H18ClFN2. The number of aryl methyl sites for hydroxylation is 1. The fraction of sp³-hybridized carbons (Fsp3) is 0.188. The number of benzene rings is 2. The SMILES string of the molecule is CC(Cl)=Nc1ccccc1C.NCc1ccc(F)cc1. The highest BCUT2D eigenvalue weighted by molar-refractivity contribution is 6.65. The van der Waals surface area contributed by atoms with E-state index in [1.54, 1.807) is 19.1 Å². The van der Waals surface area contributed by atoms with Crippen LogP contribution in [0.1, 0.15) is 18.1 Å². The molecule has 0 unspecified atom stereocenters. The van der Waals surface area contributed by atoms with E-state index in [0.717, 1.165) is 16.8 Å². The van der Waals surface area contributed by atoms with Crippen LogP contribution < -0.4 is 5.73 Å². The first kappa shape index (κ1) is 16.3. The fourth-order valence-electron chi connectivity index (χ4n) is 1.48. The third-order valence-electron chi connectivity index (χ3n) is 2.54. The molecule has 2 nitrogen and oxygen atoms in total. The lowest BCUT2D eigenvalue weighted by atomic mass is 10.2. The molecular weight excluding hydrogens is 275 g/mol. The minimum atomic E-state index is -0.216. The Morgan fingerprint density at radius 3 is 2.25 bits per heavy atom. The van der Waals surface area contributed by atoms with Crippen LogP contribution in [0.25, 0.3) is 0 Å². The molecule has 4 heteroatoms. The zero-order valence-electron chi connectivity index (χ0n) is 11.6. The van der Waals surface area contributed by atoms with Gasteiger partial charge in [-0.15, -0.1) is 0 Å². The van der Waals surface area contributed by atoms with Crippen molar-refractivity contribution in [2.45, 2.75) is 20.4 Å². The van der Waals surface area contributed by atoms with Crippen molar-refractivity contribution in [2.24, 2.45) is 10.7 Å². The molecule has 106 valence electrons. The zero-order valence-corrected chi connectivity index (χ0v) is 12.4. The monoisotopic (exact) mass is 292 g/mol. The Morgan fingerprint density at radius 2 is 1.75 bits per heavy atom. The normalized spacial score (nSPS) is 10.8. The van der Waals surface area contributed by atoms with Crippen molar-refractivity contribution < 1.29 is 4.39 Å². The summed E-state index contributed by atoms with van der Waals surface area (Å²) in [5.41, 5.74) is 8.32. The fourth-order valence-corrected chi connectivity index (χ4v) is 1.57. The molecule has 0 heterocycles. The summed E-state index contributed by atoms with van der Waals surface area (Å²) in [7, 11) is 0. The quantitative estimate of drug-likeness (QED) is 0.809. The number of aliphatic imine (C=N–C) groups is 1. The minimum absolute atomic E-state index is 0.216. The van der Waals surface area contributed by atoms with Crippen LogP contribution in [0.4, 0.5) is 10.1 Å². The summed E-state index contributed by atoms with van der Waals surface area (Å²) in [5, 5.41) is 0.569. The highest BCUT2D eigenvalue weighted by Gasteiger charge is 1.92. The van der Waals surface area contributed by atoms with Crippen molar-refractivity contribution in [1.29, 1.82) is 0 Å². The molecule has 0 spiro atoms. The van der Waals surface area contributed by atoms with Gasteiger partial charge in [-0.25, -0.2) is 9.38 Å². The third kappa shape index (κ3) is 5.95. The molecule has 0 aromatic heterocycles. The first-order chi connectivity index (χ1) is 9.52. The molecule has 2 N–H and O–H groups in total. The molecule has 0 atom stereocenters. The van der Waals surface area contributed by atoms with Gasteiger partial charge in [0.1, 0.15) is 11.0 Å². The molecule has 0 amide bonds. The van der Waals surface area contributed by atoms with Crippen molar-refractivity contribution in [3.63, 3.8) is 0 Å². The van der Waals surface area contributed by atoms with E-state index in [9.17, 15) is 4.39 Å². The van der Waals surface area contributed by atoms with Crippen LogP contribution in [0, 0.1) is 12.7 Å². The summed E-state index contributed by atoms with van der Waals surface area (Å²) in [5.74, 6) is -0.216. The van der Waals surface area contributed by atoms with E-state index in [1.165, 1.54) is 12.1 Å². The molecule has 2 aromatic rings. The topological polar surface area (TPSA) is 38.4 Å². The van der Waals surface area contributed by atoms with Gasteiger partial charge in [-0.2, -0.15) is 0 Å². The third-order valence-corrected chi connectivity index (χ3v) is 2.62. The summed E-state index contributed by atoms with van der Waals surface area (Å²) >= 11 is 5.63. The Hall–Kier alpha value is -1.71. The molecule has 20 heavy (non-hydrogen) atoms. The maximum absolute atomic E-state index is 12.2. The van der Waals surface area contributed by atoms with Crippen LogP contribution in [0.5, 0.6) is 0 Å². The summed E-state index contributed by atoms with van der Waals surface area (Å²) in [6, 6.07) is 14.1. The van der Waals surface area contributed by atoms with E-state index in [0.29, 0.717) is 11.7 Å². The van der Waals surface area contributed by atoms with Gasteiger partial charge in [-0.3, -0.25) is 0 Å². The molecule has 0 aliphatic carbocycles. The number of halogens is 2. The van der Waals surface area contributed by atoms with E-state index >= 15 is 0 Å². The molecule has 0 aliphatic rings. The maximum atomic E-state index is 12.2. The predicted octanol–water partition coefficient (Wildman–Crippen LogP) is 4.57. The standard InChI is InChI=1S/C9H10ClN.C7H8FN/c1-7-5-3-4-6-9(7)11-8(2)10;8-7-3-1-6(5-9)2-4-7/h3-6H,1-2H3;1-4H,5,9H2. The van der Waals surface area contributed by atoms with Crippen molar-refractivity contribution >= 4 is 22.5 Å². The molecule has 0 fully saturated rings. The van der Waals surface area contributed by atoms with Gasteiger partial charge < -0.3 is 5.73 Å². The number of para-hydroxylation sites is 1. The number of nitrogens with two attached hydrogens (primary N) is 1. The Morgan fingerprint density at radius 1 is 1.15 bits per heavy atom. The number of nitrogens with zero attached hydrogens (tertiary/aromatic N) is 1. The Kier molecular flexibility index (Phi) is 6.91. The van der Waals surface area contributed by atoms with Gasteiger partial charge in [-0.05, 0) is 43.2 Å². The van der Waals surface area contributed by atoms with Gasteiger partial charge in [0.15, 0.2) is 0 Å². The van der Waals surface area contributed by atoms with E-state index in [-0.39, 0.29) is 5.82 Å². The summed E-state index contributed by atoms with van der Waals surface area (Å²) in [6.07, 6.45) is 0. The van der Waals surface area contributed by atoms with Crippen LogP contribution in [-0.4, -0.2) is 5.17 Å². The highest BCUT2D eigenvalue weighted by atomic mass is 35.5. The Bertz CT molecular complexity index is 561. The first-order valence-electron chi connectivity index (χ1n) is 6.24. The van der Waals surface area contributed by atoms with Crippen LogP contribution in [-0.2, 0) is 6.54 Å². The van der Waals surface area contributed by atoms with E-state index in [1.807, 2.05) is 31.2 Å². The van der Waals surface area contributed by atoms with Crippen molar-refractivity contribution in [1.82, 2.24) is 0 Å². The number of rotatable bonds is 2. The van der Waals surface area contributed by atoms with Gasteiger partial charge in [-0.1, -0.05) is 41.9 Å². The molecule has 0 bridgehead atoms. The second kappa shape index (κ2) is 8.46. The van der Waals surface area contributed by atoms with Gasteiger partial charge in [0.25, 0.3) is 0 Å². The Labute approximate surface area is 124 Å². The lowest BCUT2D eigenvalue weighted by Gasteiger charge is -1.97. The van der Waals surface area contributed by atoms with E-state index in [4.69, 9.17) is 17.3 Å². The average Bonchev–Trinajstić information content (AvgIpc) is 2.43. The predicted molar refractivity (Wildman–Crippen MR) is 84.1 cm³/mol. The van der Waals surface area contributed by atoms with Gasteiger partial charge in [0.2, 0.25) is 0 Å². The molecule has 0 saturated heterocycles. The van der Waals surface area contributed by atoms with Crippen molar-refractivity contribution in [2.75, 3.05) is 0 Å². The van der Waals surface area contributed by atoms with Crippen LogP contribution in [0.2, 0.25) is 0 Å². The molecule has 2 aromatic carbocycles. The second-order valence-corrected chi connectivity index (χ2v) is 4.77. The van der Waals surface area contributed by atoms with Gasteiger partial charge in [0, 0.05) is 6.54 Å². The first-order valence-corrected chi connectivity index (χ1v) is 6.61. The minimum Gasteiger partial charge on any atom is -0.326 e. The zero-order chi connectivity index (χ0) is 15.0. The molecule has 2 rings (SSSR count). The van der Waals surface area contributed by atoms with Crippen molar-refractivity contribution in [3.8, 4) is 0 Å². The molecule has 0 aliphatic heterocycles. The number of hydrogen-bond acceptors (Lipinski definition) is 2. The number of hydrogen-bond donors (Lipinski definition) is 1. The van der Waals surface area contributed by atoms with Crippen LogP contribution >= 0.6 is 11.6 Å². The Balaban J connectivity index is 0.000000204. The summed E-state index contributed by atoms with van der Waals surface area (Å²) in [6.45, 7) is 4.26. The second-order valence-electron chi connectivity index (χ2n) is 4.23. The van der Waals surface area contributed by atoms with E-state index < -0.39 is 0 Å².